The van der Waals surface area contributed by atoms with Crippen LogP contribution in [-0.4, -0.2) is 27.2 Å². The van der Waals surface area contributed by atoms with Gasteiger partial charge in [-0.1, -0.05) is 6.07 Å². The van der Waals surface area contributed by atoms with Gasteiger partial charge in [0.2, 0.25) is 0 Å². The largest absolute Gasteiger partial charge is 0.491 e. The zero-order valence-electron chi connectivity index (χ0n) is 10.9. The van der Waals surface area contributed by atoms with Gasteiger partial charge in [0.05, 0.1) is 12.6 Å². The second-order valence-electron chi connectivity index (χ2n) is 4.31. The molecule has 2 aromatic rings. The molecule has 0 aliphatic heterocycles. The molecule has 1 amide bonds. The fourth-order valence-electron chi connectivity index (χ4n) is 1.56. The van der Waals surface area contributed by atoms with Crippen LogP contribution in [0.2, 0.25) is 0 Å². The van der Waals surface area contributed by atoms with E-state index in [4.69, 9.17) is 4.74 Å². The molecule has 0 aliphatic rings. The van der Waals surface area contributed by atoms with Crippen molar-refractivity contribution in [1.82, 2.24) is 20.5 Å². The first kappa shape index (κ1) is 13.1. The quantitative estimate of drug-likeness (QED) is 0.854. The molecule has 0 fully saturated rings. The number of benzene rings is 1. The Labute approximate surface area is 111 Å². The summed E-state index contributed by atoms with van der Waals surface area (Å²) in [4.78, 5) is 15.9. The number of nitrogens with one attached hydrogen (secondary N) is 2. The van der Waals surface area contributed by atoms with Gasteiger partial charge in [0.15, 0.2) is 0 Å². The molecule has 1 aromatic heterocycles. The van der Waals surface area contributed by atoms with E-state index in [-0.39, 0.29) is 12.0 Å². The number of aromatic nitrogens is 3. The van der Waals surface area contributed by atoms with Crippen molar-refractivity contribution in [1.29, 1.82) is 0 Å². The van der Waals surface area contributed by atoms with Crippen molar-refractivity contribution < 1.29 is 9.53 Å². The first-order valence-electron chi connectivity index (χ1n) is 6.04. The van der Waals surface area contributed by atoms with E-state index in [1.807, 2.05) is 19.9 Å². The second-order valence-corrected chi connectivity index (χ2v) is 4.31. The van der Waals surface area contributed by atoms with Gasteiger partial charge in [0, 0.05) is 5.56 Å². The summed E-state index contributed by atoms with van der Waals surface area (Å²) in [5.41, 5.74) is 0.553. The van der Waals surface area contributed by atoms with E-state index in [9.17, 15) is 4.79 Å². The highest BCUT2D eigenvalue weighted by Gasteiger charge is 2.08. The maximum Gasteiger partial charge on any atom is 0.251 e. The maximum atomic E-state index is 11.9. The highest BCUT2D eigenvalue weighted by atomic mass is 16.5. The lowest BCUT2D eigenvalue weighted by Crippen LogP contribution is -2.23. The van der Waals surface area contributed by atoms with E-state index in [1.54, 1.807) is 18.2 Å². The van der Waals surface area contributed by atoms with Gasteiger partial charge in [0.1, 0.15) is 17.9 Å². The predicted octanol–water partition coefficient (Wildman–Crippen LogP) is 1.52. The van der Waals surface area contributed by atoms with E-state index in [1.165, 1.54) is 6.33 Å². The van der Waals surface area contributed by atoms with Crippen molar-refractivity contribution in [3.05, 3.63) is 42.0 Å². The number of H-pyrrole nitrogens is 1. The van der Waals surface area contributed by atoms with E-state index < -0.39 is 0 Å². The average molecular weight is 260 g/mol. The topological polar surface area (TPSA) is 79.9 Å². The molecule has 0 saturated carbocycles. The number of carbonyl (C=O) groups excluding carboxylic acids is 1. The van der Waals surface area contributed by atoms with Crippen LogP contribution in [0.1, 0.15) is 30.0 Å². The van der Waals surface area contributed by atoms with Crippen LogP contribution in [0.4, 0.5) is 0 Å². The molecule has 6 nitrogen and oxygen atoms in total. The Hall–Kier alpha value is -2.37. The Bertz CT molecular complexity index is 537. The number of rotatable bonds is 5. The normalized spacial score (nSPS) is 10.5. The van der Waals surface area contributed by atoms with Crippen molar-refractivity contribution >= 4 is 5.91 Å². The minimum Gasteiger partial charge on any atom is -0.491 e. The summed E-state index contributed by atoms with van der Waals surface area (Å²) in [6.07, 6.45) is 1.48. The van der Waals surface area contributed by atoms with Crippen LogP contribution in [0.3, 0.4) is 0 Å². The third-order valence-corrected chi connectivity index (χ3v) is 2.35. The molecule has 0 aliphatic carbocycles. The summed E-state index contributed by atoms with van der Waals surface area (Å²) in [5, 5.41) is 9.15. The van der Waals surface area contributed by atoms with Gasteiger partial charge >= 0.3 is 0 Å². The summed E-state index contributed by atoms with van der Waals surface area (Å²) in [5.74, 6) is 1.12. The lowest BCUT2D eigenvalue weighted by Gasteiger charge is -2.10. The van der Waals surface area contributed by atoms with E-state index in [2.05, 4.69) is 20.5 Å². The summed E-state index contributed by atoms with van der Waals surface area (Å²) in [6.45, 7) is 4.20. The predicted molar refractivity (Wildman–Crippen MR) is 69.8 cm³/mol. The number of hydrogen-bond donors (Lipinski definition) is 2. The molecular weight excluding hydrogens is 244 g/mol. The zero-order valence-corrected chi connectivity index (χ0v) is 10.9. The molecule has 1 aromatic carbocycles. The van der Waals surface area contributed by atoms with E-state index >= 15 is 0 Å². The number of nitrogens with zero attached hydrogens (tertiary/aromatic N) is 2. The molecule has 0 radical (unpaired) electrons. The molecule has 0 spiro atoms. The van der Waals surface area contributed by atoms with Crippen LogP contribution < -0.4 is 10.1 Å². The van der Waals surface area contributed by atoms with Gasteiger partial charge in [-0.2, -0.15) is 5.10 Å². The molecule has 0 saturated heterocycles. The monoisotopic (exact) mass is 260 g/mol. The summed E-state index contributed by atoms with van der Waals surface area (Å²) >= 11 is 0. The van der Waals surface area contributed by atoms with Crippen LogP contribution in [-0.2, 0) is 6.54 Å². The minimum atomic E-state index is -0.175. The van der Waals surface area contributed by atoms with Crippen molar-refractivity contribution in [2.24, 2.45) is 0 Å². The fraction of sp³-hybridized carbons (Fsp3) is 0.308. The lowest BCUT2D eigenvalue weighted by atomic mass is 10.2. The lowest BCUT2D eigenvalue weighted by molar-refractivity contribution is 0.0949. The van der Waals surface area contributed by atoms with Gasteiger partial charge < -0.3 is 10.1 Å². The van der Waals surface area contributed by atoms with E-state index in [0.717, 1.165) is 0 Å². The molecule has 0 atom stereocenters. The molecule has 1 heterocycles. The Morgan fingerprint density at radius 2 is 2.32 bits per heavy atom. The smallest absolute Gasteiger partial charge is 0.251 e. The third-order valence-electron chi connectivity index (χ3n) is 2.35. The Kier molecular flexibility index (Phi) is 4.12. The van der Waals surface area contributed by atoms with Gasteiger partial charge in [-0.05, 0) is 32.0 Å². The molecule has 19 heavy (non-hydrogen) atoms. The van der Waals surface area contributed by atoms with Crippen LogP contribution in [0.5, 0.6) is 5.75 Å². The number of carbonyl (C=O) groups is 1. The van der Waals surface area contributed by atoms with E-state index in [0.29, 0.717) is 23.7 Å². The zero-order chi connectivity index (χ0) is 13.7. The Balaban J connectivity index is 1.98. The summed E-state index contributed by atoms with van der Waals surface area (Å²) in [6, 6.07) is 7.08. The molecule has 0 bridgehead atoms. The number of aromatic amines is 1. The van der Waals surface area contributed by atoms with Crippen LogP contribution >= 0.6 is 0 Å². The fourth-order valence-corrected chi connectivity index (χ4v) is 1.56. The van der Waals surface area contributed by atoms with Crippen molar-refractivity contribution in [2.75, 3.05) is 0 Å². The molecule has 2 rings (SSSR count). The molecule has 2 N–H and O–H groups in total. The first-order chi connectivity index (χ1) is 9.15. The van der Waals surface area contributed by atoms with Gasteiger partial charge in [-0.3, -0.25) is 9.89 Å². The summed E-state index contributed by atoms with van der Waals surface area (Å²) in [7, 11) is 0. The average Bonchev–Trinajstić information content (AvgIpc) is 2.88. The van der Waals surface area contributed by atoms with Crippen molar-refractivity contribution in [3.8, 4) is 5.75 Å². The second kappa shape index (κ2) is 5.99. The van der Waals surface area contributed by atoms with Gasteiger partial charge in [0.25, 0.3) is 5.91 Å². The highest BCUT2D eigenvalue weighted by molar-refractivity contribution is 5.94. The minimum absolute atomic E-state index is 0.0764. The maximum absolute atomic E-state index is 11.9. The van der Waals surface area contributed by atoms with Gasteiger partial charge in [-0.15, -0.1) is 0 Å². The standard InChI is InChI=1S/C13H16N4O2/c1-9(2)19-11-5-3-4-10(6-11)13(18)14-7-12-15-8-16-17-12/h3-6,8-9H,7H2,1-2H3,(H,14,18)(H,15,16,17). The Morgan fingerprint density at radius 1 is 1.47 bits per heavy atom. The van der Waals surface area contributed by atoms with Crippen LogP contribution in [0.15, 0.2) is 30.6 Å². The molecular formula is C13H16N4O2. The van der Waals surface area contributed by atoms with Gasteiger partial charge in [-0.25, -0.2) is 4.98 Å². The SMILES string of the molecule is CC(C)Oc1cccc(C(=O)NCc2ncn[nH]2)c1. The highest BCUT2D eigenvalue weighted by Crippen LogP contribution is 2.14. The number of ether oxygens (including phenoxy) is 1. The third kappa shape index (κ3) is 3.80. The first-order valence-corrected chi connectivity index (χ1v) is 6.04. The van der Waals surface area contributed by atoms with Crippen molar-refractivity contribution in [2.45, 2.75) is 26.5 Å². The Morgan fingerprint density at radius 3 is 3.00 bits per heavy atom. The van der Waals surface area contributed by atoms with Crippen molar-refractivity contribution in [3.63, 3.8) is 0 Å². The molecule has 100 valence electrons. The molecule has 0 unspecified atom stereocenters. The van der Waals surface area contributed by atoms with Crippen LogP contribution in [0.25, 0.3) is 0 Å². The number of hydrogen-bond acceptors (Lipinski definition) is 4. The molecule has 6 heteroatoms. The van der Waals surface area contributed by atoms with Crippen LogP contribution in [0, 0.1) is 0 Å². The number of amides is 1. The summed E-state index contributed by atoms with van der Waals surface area (Å²) < 4.78 is 5.55.